The maximum absolute atomic E-state index is 12.9. The van der Waals surface area contributed by atoms with Gasteiger partial charge in [0.25, 0.3) is 5.56 Å². The van der Waals surface area contributed by atoms with Crippen LogP contribution >= 0.6 is 11.6 Å². The van der Waals surface area contributed by atoms with Crippen LogP contribution in [-0.2, 0) is 4.74 Å². The number of likely N-dealkylation sites (tertiary alicyclic amines) is 1. The molecule has 9 nitrogen and oxygen atoms in total. The van der Waals surface area contributed by atoms with E-state index < -0.39 is 17.2 Å². The van der Waals surface area contributed by atoms with Gasteiger partial charge in [-0.3, -0.25) is 9.36 Å². The van der Waals surface area contributed by atoms with Crippen LogP contribution in [0.1, 0.15) is 65.8 Å². The predicted octanol–water partition coefficient (Wildman–Crippen LogP) is 3.73. The molecule has 2 aliphatic rings. The van der Waals surface area contributed by atoms with Gasteiger partial charge in [-0.25, -0.2) is 9.78 Å². The SMILES string of the molecule is CC(C)(C)OC(=O)N1CCC(Nc2ncc3cc(Cl)c(=O)n([C@@H]4CCC[C@@]4(C)O)c3n2)CC1. The minimum atomic E-state index is -1.01. The van der Waals surface area contributed by atoms with Gasteiger partial charge in [-0.15, -0.1) is 0 Å². The van der Waals surface area contributed by atoms with E-state index in [4.69, 9.17) is 16.3 Å². The predicted molar refractivity (Wildman–Crippen MR) is 127 cm³/mol. The average Bonchev–Trinajstić information content (AvgIpc) is 3.07. The summed E-state index contributed by atoms with van der Waals surface area (Å²) in [5, 5.41) is 14.9. The molecule has 1 saturated carbocycles. The highest BCUT2D eigenvalue weighted by atomic mass is 35.5. The van der Waals surface area contributed by atoms with E-state index in [0.29, 0.717) is 42.9 Å². The van der Waals surface area contributed by atoms with E-state index in [9.17, 15) is 14.7 Å². The van der Waals surface area contributed by atoms with Gasteiger partial charge in [0.05, 0.1) is 11.6 Å². The number of hydrogen-bond acceptors (Lipinski definition) is 7. The Morgan fingerprint density at radius 1 is 1.30 bits per heavy atom. The highest BCUT2D eigenvalue weighted by Gasteiger charge is 2.40. The summed E-state index contributed by atoms with van der Waals surface area (Å²) in [6.45, 7) is 8.47. The number of amides is 1. The lowest BCUT2D eigenvalue weighted by Gasteiger charge is -2.33. The van der Waals surface area contributed by atoms with Crippen LogP contribution < -0.4 is 10.9 Å². The Balaban J connectivity index is 1.53. The van der Waals surface area contributed by atoms with Crippen LogP contribution in [0, 0.1) is 0 Å². The van der Waals surface area contributed by atoms with Crippen molar-refractivity contribution in [3.63, 3.8) is 0 Å². The summed E-state index contributed by atoms with van der Waals surface area (Å²) in [7, 11) is 0. The van der Waals surface area contributed by atoms with Crippen LogP contribution in [-0.4, -0.2) is 61.0 Å². The van der Waals surface area contributed by atoms with Gasteiger partial charge >= 0.3 is 6.09 Å². The molecule has 1 saturated heterocycles. The summed E-state index contributed by atoms with van der Waals surface area (Å²) < 4.78 is 6.99. The number of rotatable bonds is 3. The van der Waals surface area contributed by atoms with Crippen LogP contribution in [0.4, 0.5) is 10.7 Å². The molecule has 2 aromatic rings. The second-order valence-corrected chi connectivity index (χ2v) is 10.7. The fraction of sp³-hybridized carbons (Fsp3) is 0.652. The smallest absolute Gasteiger partial charge is 0.410 e. The zero-order valence-corrected chi connectivity index (χ0v) is 20.4. The topological polar surface area (TPSA) is 110 Å². The van der Waals surface area contributed by atoms with Gasteiger partial charge in [0, 0.05) is 30.7 Å². The van der Waals surface area contributed by atoms with Crippen molar-refractivity contribution >= 4 is 34.7 Å². The van der Waals surface area contributed by atoms with Gasteiger partial charge in [0.1, 0.15) is 16.3 Å². The van der Waals surface area contributed by atoms with E-state index in [-0.39, 0.29) is 22.7 Å². The van der Waals surface area contributed by atoms with Crippen molar-refractivity contribution in [3.8, 4) is 0 Å². The van der Waals surface area contributed by atoms with Crippen molar-refractivity contribution in [3.05, 3.63) is 27.6 Å². The number of aromatic nitrogens is 3. The number of carbonyl (C=O) groups excluding carboxylic acids is 1. The molecular weight excluding hydrogens is 446 g/mol. The summed E-state index contributed by atoms with van der Waals surface area (Å²) in [6, 6.07) is 1.26. The van der Waals surface area contributed by atoms with E-state index in [1.165, 1.54) is 4.57 Å². The summed E-state index contributed by atoms with van der Waals surface area (Å²) in [5.41, 5.74) is -1.42. The van der Waals surface area contributed by atoms with E-state index in [2.05, 4.69) is 15.3 Å². The molecule has 2 aromatic heterocycles. The maximum atomic E-state index is 12.9. The largest absolute Gasteiger partial charge is 0.444 e. The first kappa shape index (κ1) is 23.8. The number of nitrogens with zero attached hydrogens (tertiary/aromatic N) is 4. The van der Waals surface area contributed by atoms with Gasteiger partial charge < -0.3 is 20.1 Å². The van der Waals surface area contributed by atoms with Crippen molar-refractivity contribution in [2.45, 2.75) is 83.1 Å². The molecule has 0 bridgehead atoms. The number of ether oxygens (including phenoxy) is 1. The van der Waals surface area contributed by atoms with Crippen LogP contribution in [0.5, 0.6) is 0 Å². The molecule has 33 heavy (non-hydrogen) atoms. The van der Waals surface area contributed by atoms with Gasteiger partial charge in [-0.1, -0.05) is 11.6 Å². The van der Waals surface area contributed by atoms with E-state index >= 15 is 0 Å². The molecule has 0 unspecified atom stereocenters. The molecule has 10 heteroatoms. The molecule has 1 amide bonds. The Hall–Kier alpha value is -2.39. The molecular formula is C23H32ClN5O4. The van der Waals surface area contributed by atoms with E-state index in [1.807, 2.05) is 20.8 Å². The van der Waals surface area contributed by atoms with Crippen LogP contribution in [0.15, 0.2) is 17.1 Å². The molecule has 0 radical (unpaired) electrons. The average molecular weight is 478 g/mol. The van der Waals surface area contributed by atoms with E-state index in [0.717, 1.165) is 19.3 Å². The van der Waals surface area contributed by atoms with Crippen molar-refractivity contribution in [1.82, 2.24) is 19.4 Å². The summed E-state index contributed by atoms with van der Waals surface area (Å²) in [5.74, 6) is 0.409. The lowest BCUT2D eigenvalue weighted by Crippen LogP contribution is -2.44. The second kappa shape index (κ2) is 8.76. The lowest BCUT2D eigenvalue weighted by atomic mass is 10.00. The molecule has 180 valence electrons. The summed E-state index contributed by atoms with van der Waals surface area (Å²) in [4.78, 5) is 36.0. The minimum Gasteiger partial charge on any atom is -0.444 e. The van der Waals surface area contributed by atoms with Crippen LogP contribution in [0.3, 0.4) is 0 Å². The van der Waals surface area contributed by atoms with Crippen molar-refractivity contribution in [2.75, 3.05) is 18.4 Å². The maximum Gasteiger partial charge on any atom is 0.410 e. The molecule has 4 rings (SSSR count). The Labute approximate surface area is 198 Å². The van der Waals surface area contributed by atoms with Gasteiger partial charge in [-0.05, 0) is 65.9 Å². The number of carbonyl (C=O) groups is 1. The highest BCUT2D eigenvalue weighted by Crippen LogP contribution is 2.39. The molecule has 2 N–H and O–H groups in total. The highest BCUT2D eigenvalue weighted by molar-refractivity contribution is 6.31. The lowest BCUT2D eigenvalue weighted by molar-refractivity contribution is 0.0209. The normalized spacial score (nSPS) is 24.3. The number of fused-ring (bicyclic) bond motifs is 1. The minimum absolute atomic E-state index is 0.0863. The molecule has 2 fully saturated rings. The molecule has 0 spiro atoms. The quantitative estimate of drug-likeness (QED) is 0.693. The summed E-state index contributed by atoms with van der Waals surface area (Å²) in [6.07, 6.45) is 4.92. The Morgan fingerprint density at radius 3 is 2.61 bits per heavy atom. The van der Waals surface area contributed by atoms with E-state index in [1.54, 1.807) is 24.1 Å². The first-order valence-corrected chi connectivity index (χ1v) is 11.9. The first-order valence-electron chi connectivity index (χ1n) is 11.5. The number of anilines is 1. The molecule has 2 atom stereocenters. The second-order valence-electron chi connectivity index (χ2n) is 10.3. The Kier molecular flexibility index (Phi) is 6.30. The molecule has 1 aliphatic heterocycles. The van der Waals surface area contributed by atoms with Crippen molar-refractivity contribution < 1.29 is 14.6 Å². The Morgan fingerprint density at radius 2 is 2.00 bits per heavy atom. The number of pyridine rings is 1. The first-order chi connectivity index (χ1) is 15.4. The number of halogens is 1. The third-order valence-electron chi connectivity index (χ3n) is 6.40. The molecule has 3 heterocycles. The number of nitrogens with one attached hydrogen (secondary N) is 1. The van der Waals surface area contributed by atoms with Gasteiger partial charge in [0.2, 0.25) is 5.95 Å². The standard InChI is InChI=1S/C23H32ClN5O4/c1-22(2,3)33-21(31)28-10-7-15(8-11-28)26-20-25-13-14-12-16(24)19(30)29(18(14)27-20)17-6-5-9-23(17,4)32/h12-13,15,17,32H,5-11H2,1-4H3,(H,25,26,27)/t17-,23-/m1/s1. The fourth-order valence-corrected chi connectivity index (χ4v) is 4.91. The fourth-order valence-electron chi connectivity index (χ4n) is 4.70. The zero-order valence-electron chi connectivity index (χ0n) is 19.6. The van der Waals surface area contributed by atoms with Crippen molar-refractivity contribution in [2.24, 2.45) is 0 Å². The van der Waals surface area contributed by atoms with Crippen LogP contribution in [0.2, 0.25) is 5.02 Å². The Bertz CT molecular complexity index is 1100. The monoisotopic (exact) mass is 477 g/mol. The zero-order chi connectivity index (χ0) is 24.0. The number of hydrogen-bond donors (Lipinski definition) is 2. The number of aliphatic hydroxyl groups is 1. The van der Waals surface area contributed by atoms with Crippen molar-refractivity contribution in [1.29, 1.82) is 0 Å². The van der Waals surface area contributed by atoms with Gasteiger partial charge in [0.15, 0.2) is 0 Å². The summed E-state index contributed by atoms with van der Waals surface area (Å²) >= 11 is 6.21. The number of piperidine rings is 1. The third-order valence-corrected chi connectivity index (χ3v) is 6.67. The van der Waals surface area contributed by atoms with Gasteiger partial charge in [-0.2, -0.15) is 4.98 Å². The third kappa shape index (κ3) is 5.09. The molecule has 1 aliphatic carbocycles. The molecule has 0 aromatic carbocycles. The van der Waals surface area contributed by atoms with Crippen LogP contribution in [0.25, 0.3) is 11.0 Å².